The monoisotopic (exact) mass is 214 g/mol. The van der Waals surface area contributed by atoms with E-state index in [1.807, 2.05) is 0 Å². The Kier molecular flexibility index (Phi) is 2.48. The third-order valence-corrected chi connectivity index (χ3v) is 2.81. The van der Waals surface area contributed by atoms with Crippen molar-refractivity contribution in [3.05, 3.63) is 23.8 Å². The summed E-state index contributed by atoms with van der Waals surface area (Å²) in [7, 11) is -3.48. The van der Waals surface area contributed by atoms with Crippen LogP contribution in [0.2, 0.25) is 0 Å². The normalized spacial score (nSPS) is 11.2. The number of rotatable bonds is 2. The van der Waals surface area contributed by atoms with Crippen LogP contribution in [-0.4, -0.2) is 20.6 Å². The van der Waals surface area contributed by atoms with E-state index in [0.29, 0.717) is 0 Å². The van der Waals surface area contributed by atoms with Crippen LogP contribution in [0.25, 0.3) is 0 Å². The van der Waals surface area contributed by atoms with Gasteiger partial charge in [0.05, 0.1) is 10.5 Å². The molecule has 0 spiro atoms. The fraction of sp³-hybridized carbons (Fsp3) is 0.125. The molecule has 0 radical (unpaired) electrons. The molecule has 6 heteroatoms. The number of carbonyl (C=O) groups is 1. The molecule has 0 saturated carbocycles. The van der Waals surface area contributed by atoms with Crippen LogP contribution in [0.4, 0.5) is 5.69 Å². The highest BCUT2D eigenvalue weighted by Gasteiger charge is 2.16. The van der Waals surface area contributed by atoms with Gasteiger partial charge in [0, 0.05) is 11.9 Å². The van der Waals surface area contributed by atoms with E-state index in [1.54, 1.807) is 0 Å². The highest BCUT2D eigenvalue weighted by Crippen LogP contribution is 2.18. The van der Waals surface area contributed by atoms with E-state index in [1.165, 1.54) is 18.2 Å². The van der Waals surface area contributed by atoms with Crippen LogP contribution >= 0.6 is 0 Å². The van der Waals surface area contributed by atoms with Gasteiger partial charge in [0.15, 0.2) is 9.84 Å². The Morgan fingerprint density at radius 3 is 2.36 bits per heavy atom. The Morgan fingerprint density at radius 1 is 1.36 bits per heavy atom. The number of sulfone groups is 1. The van der Waals surface area contributed by atoms with Gasteiger partial charge >= 0.3 is 0 Å². The second-order valence-electron chi connectivity index (χ2n) is 2.89. The molecule has 0 aromatic heterocycles. The predicted octanol–water partition coefficient (Wildman–Crippen LogP) is -0.229. The molecule has 0 aliphatic heterocycles. The molecule has 1 rings (SSSR count). The van der Waals surface area contributed by atoms with Crippen LogP contribution in [0, 0.1) is 0 Å². The minimum Gasteiger partial charge on any atom is -0.399 e. The summed E-state index contributed by atoms with van der Waals surface area (Å²) in [4.78, 5) is 10.8. The second kappa shape index (κ2) is 3.30. The van der Waals surface area contributed by atoms with E-state index in [9.17, 15) is 13.2 Å². The average Bonchev–Trinajstić information content (AvgIpc) is 2.01. The molecule has 1 aromatic rings. The van der Waals surface area contributed by atoms with Crippen LogP contribution in [0.1, 0.15) is 10.4 Å². The van der Waals surface area contributed by atoms with E-state index >= 15 is 0 Å². The fourth-order valence-electron chi connectivity index (χ4n) is 1.05. The minimum absolute atomic E-state index is 0.0401. The number of nitrogen functional groups attached to an aromatic ring is 1. The second-order valence-corrected chi connectivity index (χ2v) is 4.88. The molecule has 0 heterocycles. The Labute approximate surface area is 81.6 Å². The van der Waals surface area contributed by atoms with Crippen molar-refractivity contribution in [1.82, 2.24) is 0 Å². The van der Waals surface area contributed by atoms with Crippen molar-refractivity contribution in [3.8, 4) is 0 Å². The molecule has 4 N–H and O–H groups in total. The van der Waals surface area contributed by atoms with Gasteiger partial charge in [-0.2, -0.15) is 0 Å². The predicted molar refractivity (Wildman–Crippen MR) is 52.5 cm³/mol. The maximum atomic E-state index is 11.2. The first kappa shape index (κ1) is 10.5. The van der Waals surface area contributed by atoms with Gasteiger partial charge < -0.3 is 11.5 Å². The number of benzene rings is 1. The van der Waals surface area contributed by atoms with Crippen molar-refractivity contribution >= 4 is 21.4 Å². The summed E-state index contributed by atoms with van der Waals surface area (Å²) in [5.74, 6) is -0.787. The van der Waals surface area contributed by atoms with E-state index in [0.717, 1.165) is 6.26 Å². The van der Waals surface area contributed by atoms with Gasteiger partial charge in [0.2, 0.25) is 5.91 Å². The summed E-state index contributed by atoms with van der Waals surface area (Å²) < 4.78 is 22.5. The molecular formula is C8H10N2O3S. The summed E-state index contributed by atoms with van der Waals surface area (Å²) >= 11 is 0. The van der Waals surface area contributed by atoms with Gasteiger partial charge in [-0.3, -0.25) is 4.79 Å². The van der Waals surface area contributed by atoms with Gasteiger partial charge in [0.25, 0.3) is 0 Å². The quantitative estimate of drug-likeness (QED) is 0.663. The fourth-order valence-corrected chi connectivity index (χ4v) is 1.97. The molecule has 0 fully saturated rings. The smallest absolute Gasteiger partial charge is 0.250 e. The number of nitrogens with two attached hydrogens (primary N) is 2. The summed E-state index contributed by atoms with van der Waals surface area (Å²) in [6.45, 7) is 0. The molecule has 76 valence electrons. The van der Waals surface area contributed by atoms with Gasteiger partial charge in [-0.25, -0.2) is 8.42 Å². The molecule has 1 amide bonds. The van der Waals surface area contributed by atoms with Gasteiger partial charge in [-0.15, -0.1) is 0 Å². The Balaban J connectivity index is 3.54. The molecule has 0 aliphatic carbocycles. The molecule has 0 atom stereocenters. The van der Waals surface area contributed by atoms with Crippen LogP contribution in [0.15, 0.2) is 23.1 Å². The van der Waals surface area contributed by atoms with Crippen LogP contribution in [0.3, 0.4) is 0 Å². The molecule has 0 bridgehead atoms. The Bertz CT molecular complexity index is 479. The zero-order chi connectivity index (χ0) is 10.9. The number of hydrogen-bond donors (Lipinski definition) is 2. The third-order valence-electron chi connectivity index (χ3n) is 1.67. The molecule has 1 aromatic carbocycles. The van der Waals surface area contributed by atoms with Gasteiger partial charge in [0.1, 0.15) is 0 Å². The highest BCUT2D eigenvalue weighted by atomic mass is 32.2. The molecule has 14 heavy (non-hydrogen) atoms. The molecular weight excluding hydrogens is 204 g/mol. The largest absolute Gasteiger partial charge is 0.399 e. The van der Waals surface area contributed by atoms with E-state index in [-0.39, 0.29) is 16.1 Å². The topological polar surface area (TPSA) is 103 Å². The lowest BCUT2D eigenvalue weighted by atomic mass is 10.2. The minimum atomic E-state index is -3.48. The molecule has 5 nitrogen and oxygen atoms in total. The van der Waals surface area contributed by atoms with Crippen molar-refractivity contribution in [3.63, 3.8) is 0 Å². The zero-order valence-corrected chi connectivity index (χ0v) is 8.34. The van der Waals surface area contributed by atoms with Crippen molar-refractivity contribution in [2.24, 2.45) is 5.73 Å². The Hall–Kier alpha value is -1.56. The van der Waals surface area contributed by atoms with Crippen molar-refractivity contribution in [2.45, 2.75) is 4.90 Å². The number of hydrogen-bond acceptors (Lipinski definition) is 4. The summed E-state index contributed by atoms with van der Waals surface area (Å²) in [6, 6.07) is 3.94. The lowest BCUT2D eigenvalue weighted by Crippen LogP contribution is -2.16. The van der Waals surface area contributed by atoms with E-state index in [2.05, 4.69) is 0 Å². The lowest BCUT2D eigenvalue weighted by Gasteiger charge is -2.05. The maximum absolute atomic E-state index is 11.2. The SMILES string of the molecule is CS(=O)(=O)c1cc(N)ccc1C(N)=O. The van der Waals surface area contributed by atoms with E-state index < -0.39 is 15.7 Å². The first-order valence-electron chi connectivity index (χ1n) is 3.72. The van der Waals surface area contributed by atoms with Gasteiger partial charge in [-0.1, -0.05) is 0 Å². The van der Waals surface area contributed by atoms with Crippen LogP contribution in [0.5, 0.6) is 0 Å². The van der Waals surface area contributed by atoms with Crippen molar-refractivity contribution in [1.29, 1.82) is 0 Å². The first-order valence-corrected chi connectivity index (χ1v) is 5.61. The van der Waals surface area contributed by atoms with Crippen LogP contribution < -0.4 is 11.5 Å². The van der Waals surface area contributed by atoms with E-state index in [4.69, 9.17) is 11.5 Å². The molecule has 0 unspecified atom stereocenters. The number of primary amides is 1. The summed E-state index contributed by atoms with van der Waals surface area (Å²) in [5, 5.41) is 0. The molecule has 0 saturated heterocycles. The van der Waals surface area contributed by atoms with Crippen LogP contribution in [-0.2, 0) is 9.84 Å². The zero-order valence-electron chi connectivity index (χ0n) is 7.52. The molecule has 0 aliphatic rings. The van der Waals surface area contributed by atoms with Gasteiger partial charge in [-0.05, 0) is 18.2 Å². The average molecular weight is 214 g/mol. The first-order chi connectivity index (χ1) is 6.32. The maximum Gasteiger partial charge on any atom is 0.250 e. The Morgan fingerprint density at radius 2 is 1.93 bits per heavy atom. The standard InChI is InChI=1S/C8H10N2O3S/c1-14(12,13)7-4-5(9)2-3-6(7)8(10)11/h2-4H,9H2,1H3,(H2,10,11). The number of amides is 1. The summed E-state index contributed by atoms with van der Waals surface area (Å²) in [6.07, 6.45) is 0.994. The third kappa shape index (κ3) is 2.02. The highest BCUT2D eigenvalue weighted by molar-refractivity contribution is 7.90. The van der Waals surface area contributed by atoms with Crippen molar-refractivity contribution in [2.75, 3.05) is 12.0 Å². The van der Waals surface area contributed by atoms with Crippen molar-refractivity contribution < 1.29 is 13.2 Å². The lowest BCUT2D eigenvalue weighted by molar-refractivity contribution is 0.0997. The number of anilines is 1. The number of carbonyl (C=O) groups excluding carboxylic acids is 1. The summed E-state index contributed by atoms with van der Waals surface area (Å²) in [5.41, 5.74) is 10.7.